The first kappa shape index (κ1) is 15.8. The molecule has 1 unspecified atom stereocenters. The fraction of sp³-hybridized carbons (Fsp3) is 0.222. The number of aryl methyl sites for hydroxylation is 1. The molecule has 1 fully saturated rings. The van der Waals surface area contributed by atoms with Gasteiger partial charge in [0, 0.05) is 23.7 Å². The van der Waals surface area contributed by atoms with E-state index in [0.717, 1.165) is 5.56 Å². The molecular weight excluding hydrogens is 340 g/mol. The normalized spacial score (nSPS) is 17.4. The molecule has 2 heterocycles. The molecule has 4 rings (SSSR count). The van der Waals surface area contributed by atoms with Gasteiger partial charge in [-0.1, -0.05) is 35.0 Å². The number of amides is 1. The third kappa shape index (κ3) is 2.68. The third-order valence-corrected chi connectivity index (χ3v) is 4.91. The molecule has 1 atom stereocenters. The lowest BCUT2D eigenvalue weighted by Crippen LogP contribution is -2.28. The molecule has 0 aliphatic carbocycles. The van der Waals surface area contributed by atoms with Crippen LogP contribution in [-0.4, -0.2) is 33.4 Å². The van der Waals surface area contributed by atoms with Crippen LogP contribution in [0.2, 0.25) is 5.02 Å². The summed E-state index contributed by atoms with van der Waals surface area (Å²) in [7, 11) is 0. The van der Waals surface area contributed by atoms with Crippen LogP contribution in [0, 0.1) is 12.8 Å². The van der Waals surface area contributed by atoms with Crippen LogP contribution in [0.3, 0.4) is 0 Å². The lowest BCUT2D eigenvalue weighted by molar-refractivity contribution is -0.117. The van der Waals surface area contributed by atoms with E-state index in [1.165, 1.54) is 4.68 Å². The lowest BCUT2D eigenvalue weighted by Gasteiger charge is -2.17. The van der Waals surface area contributed by atoms with Gasteiger partial charge in [0.15, 0.2) is 0 Å². The maximum atomic E-state index is 12.8. The first-order valence-corrected chi connectivity index (χ1v) is 8.33. The average Bonchev–Trinajstić information content (AvgIpc) is 3.20. The van der Waals surface area contributed by atoms with Crippen molar-refractivity contribution in [1.82, 2.24) is 15.0 Å². The summed E-state index contributed by atoms with van der Waals surface area (Å²) in [5.41, 5.74) is 2.96. The smallest absolute Gasteiger partial charge is 0.254 e. The van der Waals surface area contributed by atoms with Gasteiger partial charge in [0.2, 0.25) is 5.91 Å². The molecule has 25 heavy (non-hydrogen) atoms. The van der Waals surface area contributed by atoms with E-state index < -0.39 is 5.92 Å². The predicted molar refractivity (Wildman–Crippen MR) is 94.8 cm³/mol. The van der Waals surface area contributed by atoms with Crippen LogP contribution in [-0.2, 0) is 4.79 Å². The number of halogens is 1. The second-order valence-corrected chi connectivity index (χ2v) is 6.57. The summed E-state index contributed by atoms with van der Waals surface area (Å²) in [4.78, 5) is 26.8. The molecule has 1 aliphatic rings. The Morgan fingerprint density at radius 1 is 1.24 bits per heavy atom. The maximum absolute atomic E-state index is 12.8. The van der Waals surface area contributed by atoms with Gasteiger partial charge in [-0.25, -0.2) is 0 Å². The van der Waals surface area contributed by atoms with E-state index in [-0.39, 0.29) is 18.2 Å². The van der Waals surface area contributed by atoms with Crippen LogP contribution < -0.4 is 4.90 Å². The Hall–Kier alpha value is -2.73. The zero-order valence-electron chi connectivity index (χ0n) is 13.5. The zero-order chi connectivity index (χ0) is 17.6. The number of fused-ring (bicyclic) bond motifs is 1. The highest BCUT2D eigenvalue weighted by Gasteiger charge is 2.36. The highest BCUT2D eigenvalue weighted by molar-refractivity contribution is 6.31. The molecule has 0 saturated carbocycles. The molecule has 0 bridgehead atoms. The summed E-state index contributed by atoms with van der Waals surface area (Å²) >= 11 is 6.16. The van der Waals surface area contributed by atoms with Gasteiger partial charge >= 0.3 is 0 Å². The summed E-state index contributed by atoms with van der Waals surface area (Å²) < 4.78 is 1.29. The van der Waals surface area contributed by atoms with Crippen molar-refractivity contribution in [3.05, 3.63) is 53.1 Å². The molecule has 3 aromatic rings. The monoisotopic (exact) mass is 354 g/mol. The van der Waals surface area contributed by atoms with E-state index in [0.29, 0.717) is 28.3 Å². The molecule has 0 radical (unpaired) electrons. The van der Waals surface area contributed by atoms with Gasteiger partial charge in [-0.3, -0.25) is 9.59 Å². The van der Waals surface area contributed by atoms with Gasteiger partial charge in [-0.05, 0) is 36.8 Å². The first-order chi connectivity index (χ1) is 12.0. The number of hydrogen-bond acceptors (Lipinski definition) is 4. The molecule has 1 amide bonds. The van der Waals surface area contributed by atoms with Gasteiger partial charge in [-0.15, -0.1) is 5.10 Å². The van der Waals surface area contributed by atoms with Crippen molar-refractivity contribution < 1.29 is 9.59 Å². The Kier molecular flexibility index (Phi) is 3.77. The van der Waals surface area contributed by atoms with E-state index >= 15 is 0 Å². The number of anilines is 1. The van der Waals surface area contributed by atoms with Crippen LogP contribution in [0.5, 0.6) is 0 Å². The standard InChI is InChI=1S/C18H15ClN4O2/c1-11-6-7-13(9-14(11)19)22-10-12(8-17(22)24)18(25)23-16-5-3-2-4-15(16)20-21-23/h2-7,9,12H,8,10H2,1H3. The van der Waals surface area contributed by atoms with Gasteiger partial charge in [0.05, 0.1) is 11.4 Å². The average molecular weight is 355 g/mol. The molecule has 7 heteroatoms. The van der Waals surface area contributed by atoms with Crippen LogP contribution in [0.25, 0.3) is 11.0 Å². The van der Waals surface area contributed by atoms with Crippen molar-refractivity contribution in [2.24, 2.45) is 5.92 Å². The van der Waals surface area contributed by atoms with Gasteiger partial charge in [-0.2, -0.15) is 4.68 Å². The number of benzene rings is 2. The quantitative estimate of drug-likeness (QED) is 0.709. The van der Waals surface area contributed by atoms with E-state index in [9.17, 15) is 9.59 Å². The Morgan fingerprint density at radius 3 is 2.84 bits per heavy atom. The molecule has 6 nitrogen and oxygen atoms in total. The number of carbonyl (C=O) groups excluding carboxylic acids is 2. The minimum Gasteiger partial charge on any atom is -0.312 e. The van der Waals surface area contributed by atoms with Crippen molar-refractivity contribution in [2.75, 3.05) is 11.4 Å². The lowest BCUT2D eigenvalue weighted by atomic mass is 10.1. The summed E-state index contributed by atoms with van der Waals surface area (Å²) in [6, 6.07) is 12.7. The Labute approximate surface area is 149 Å². The van der Waals surface area contributed by atoms with Gasteiger partial charge in [0.1, 0.15) is 5.52 Å². The summed E-state index contributed by atoms with van der Waals surface area (Å²) in [6.45, 7) is 2.21. The number of para-hydroxylation sites is 1. The van der Waals surface area contributed by atoms with Crippen molar-refractivity contribution >= 4 is 40.1 Å². The number of aromatic nitrogens is 3. The second-order valence-electron chi connectivity index (χ2n) is 6.17. The molecule has 126 valence electrons. The highest BCUT2D eigenvalue weighted by atomic mass is 35.5. The molecule has 1 aromatic heterocycles. The number of carbonyl (C=O) groups is 2. The fourth-order valence-electron chi connectivity index (χ4n) is 3.08. The molecule has 1 aliphatic heterocycles. The van der Waals surface area contributed by atoms with Crippen molar-refractivity contribution in [2.45, 2.75) is 13.3 Å². The summed E-state index contributed by atoms with van der Waals surface area (Å²) in [5, 5.41) is 8.56. The Bertz CT molecular complexity index is 998. The molecule has 0 spiro atoms. The highest BCUT2D eigenvalue weighted by Crippen LogP contribution is 2.29. The molecule has 2 aromatic carbocycles. The Morgan fingerprint density at radius 2 is 2.04 bits per heavy atom. The topological polar surface area (TPSA) is 68.1 Å². The van der Waals surface area contributed by atoms with Crippen LogP contribution >= 0.6 is 11.6 Å². The van der Waals surface area contributed by atoms with Gasteiger partial charge in [0.25, 0.3) is 5.91 Å². The zero-order valence-corrected chi connectivity index (χ0v) is 14.3. The van der Waals surface area contributed by atoms with Crippen molar-refractivity contribution in [1.29, 1.82) is 0 Å². The SMILES string of the molecule is Cc1ccc(N2CC(C(=O)n3nnc4ccccc43)CC2=O)cc1Cl. The summed E-state index contributed by atoms with van der Waals surface area (Å²) in [5.74, 6) is -0.775. The Balaban J connectivity index is 1.61. The minimum absolute atomic E-state index is 0.0947. The van der Waals surface area contributed by atoms with E-state index in [2.05, 4.69) is 10.3 Å². The van der Waals surface area contributed by atoms with Crippen LogP contribution in [0.4, 0.5) is 5.69 Å². The molecule has 1 saturated heterocycles. The van der Waals surface area contributed by atoms with Gasteiger partial charge < -0.3 is 4.90 Å². The predicted octanol–water partition coefficient (Wildman–Crippen LogP) is 3.09. The number of rotatable bonds is 2. The van der Waals surface area contributed by atoms with Crippen molar-refractivity contribution in [3.63, 3.8) is 0 Å². The maximum Gasteiger partial charge on any atom is 0.254 e. The van der Waals surface area contributed by atoms with E-state index in [1.807, 2.05) is 31.2 Å². The van der Waals surface area contributed by atoms with Crippen LogP contribution in [0.1, 0.15) is 16.8 Å². The minimum atomic E-state index is -0.460. The summed E-state index contributed by atoms with van der Waals surface area (Å²) in [6.07, 6.45) is 0.151. The van der Waals surface area contributed by atoms with Crippen molar-refractivity contribution in [3.8, 4) is 0 Å². The largest absolute Gasteiger partial charge is 0.312 e. The number of nitrogens with zero attached hydrogens (tertiary/aromatic N) is 4. The first-order valence-electron chi connectivity index (χ1n) is 7.96. The number of hydrogen-bond donors (Lipinski definition) is 0. The second kappa shape index (κ2) is 5.97. The molecular formula is C18H15ClN4O2. The van der Waals surface area contributed by atoms with E-state index in [1.54, 1.807) is 23.1 Å². The fourth-order valence-corrected chi connectivity index (χ4v) is 3.25. The molecule has 0 N–H and O–H groups in total. The third-order valence-electron chi connectivity index (χ3n) is 4.50. The van der Waals surface area contributed by atoms with E-state index in [4.69, 9.17) is 11.6 Å². The van der Waals surface area contributed by atoms with Crippen LogP contribution in [0.15, 0.2) is 42.5 Å².